The van der Waals surface area contributed by atoms with Gasteiger partial charge in [0.1, 0.15) is 0 Å². The molecule has 92 valence electrons. The van der Waals surface area contributed by atoms with Gasteiger partial charge in [-0.2, -0.15) is 0 Å². The summed E-state index contributed by atoms with van der Waals surface area (Å²) in [7, 11) is 0. The number of nitrogens with one attached hydrogen (secondary N) is 1. The van der Waals surface area contributed by atoms with Gasteiger partial charge in [-0.15, -0.1) is 0 Å². The number of carbonyl (C=O) groups is 1. The van der Waals surface area contributed by atoms with Crippen molar-refractivity contribution in [2.75, 3.05) is 13.2 Å². The average Bonchev–Trinajstić information content (AvgIpc) is 2.77. The quantitative estimate of drug-likeness (QED) is 0.788. The maximum atomic E-state index is 11.4. The standard InChI is InChI=1S/C14H19NO2/c1-11(13-8-10-17-14(13)16)15-9-7-12-5-3-2-4-6-12/h2-6,11,13,15H,7-10H2,1H3/t11-,13-/m0/s1. The molecular weight excluding hydrogens is 214 g/mol. The highest BCUT2D eigenvalue weighted by Gasteiger charge is 2.31. The lowest BCUT2D eigenvalue weighted by molar-refractivity contribution is -0.141. The lowest BCUT2D eigenvalue weighted by atomic mass is 10.00. The molecule has 2 rings (SSSR count). The number of carbonyl (C=O) groups excluding carboxylic acids is 1. The second-order valence-electron chi connectivity index (χ2n) is 4.54. The molecule has 1 aliphatic rings. The Balaban J connectivity index is 1.73. The molecule has 17 heavy (non-hydrogen) atoms. The van der Waals surface area contributed by atoms with Crippen LogP contribution in [0, 0.1) is 5.92 Å². The van der Waals surface area contributed by atoms with Gasteiger partial charge in [-0.25, -0.2) is 0 Å². The van der Waals surface area contributed by atoms with Gasteiger partial charge >= 0.3 is 5.97 Å². The Morgan fingerprint density at radius 3 is 2.82 bits per heavy atom. The Hall–Kier alpha value is -1.35. The molecule has 1 aliphatic heterocycles. The summed E-state index contributed by atoms with van der Waals surface area (Å²) in [6.07, 6.45) is 1.84. The summed E-state index contributed by atoms with van der Waals surface area (Å²) < 4.78 is 4.97. The molecule has 1 aromatic rings. The van der Waals surface area contributed by atoms with Crippen molar-refractivity contribution < 1.29 is 9.53 Å². The molecule has 3 nitrogen and oxygen atoms in total. The summed E-state index contributed by atoms with van der Waals surface area (Å²) in [4.78, 5) is 11.4. The van der Waals surface area contributed by atoms with Crippen molar-refractivity contribution in [1.29, 1.82) is 0 Å². The smallest absolute Gasteiger partial charge is 0.310 e. The van der Waals surface area contributed by atoms with Crippen LogP contribution in [-0.2, 0) is 16.0 Å². The van der Waals surface area contributed by atoms with E-state index in [9.17, 15) is 4.79 Å². The number of benzene rings is 1. The fraction of sp³-hybridized carbons (Fsp3) is 0.500. The highest BCUT2D eigenvalue weighted by Crippen LogP contribution is 2.18. The molecule has 0 aromatic heterocycles. The largest absolute Gasteiger partial charge is 0.465 e. The molecule has 0 spiro atoms. The number of hydrogen-bond acceptors (Lipinski definition) is 3. The third kappa shape index (κ3) is 3.30. The average molecular weight is 233 g/mol. The molecule has 3 heteroatoms. The van der Waals surface area contributed by atoms with Crippen LogP contribution in [0.15, 0.2) is 30.3 Å². The summed E-state index contributed by atoms with van der Waals surface area (Å²) in [5.41, 5.74) is 1.32. The van der Waals surface area contributed by atoms with Gasteiger partial charge in [0.05, 0.1) is 12.5 Å². The molecule has 1 aromatic carbocycles. The number of ether oxygens (including phenoxy) is 1. The topological polar surface area (TPSA) is 38.3 Å². The second-order valence-corrected chi connectivity index (χ2v) is 4.54. The highest BCUT2D eigenvalue weighted by atomic mass is 16.5. The van der Waals surface area contributed by atoms with Crippen molar-refractivity contribution in [3.63, 3.8) is 0 Å². The molecule has 1 saturated heterocycles. The van der Waals surface area contributed by atoms with Gasteiger partial charge in [0.2, 0.25) is 0 Å². The monoisotopic (exact) mass is 233 g/mol. The summed E-state index contributed by atoms with van der Waals surface area (Å²) in [6.45, 7) is 3.53. The molecule has 1 N–H and O–H groups in total. The predicted molar refractivity (Wildman–Crippen MR) is 66.7 cm³/mol. The Bertz CT molecular complexity index is 364. The van der Waals surface area contributed by atoms with Crippen LogP contribution >= 0.6 is 0 Å². The zero-order valence-corrected chi connectivity index (χ0v) is 10.2. The third-order valence-corrected chi connectivity index (χ3v) is 3.30. The van der Waals surface area contributed by atoms with Crippen LogP contribution in [0.1, 0.15) is 18.9 Å². The number of hydrogen-bond donors (Lipinski definition) is 1. The molecule has 0 saturated carbocycles. The Morgan fingerprint density at radius 2 is 2.18 bits per heavy atom. The molecular formula is C14H19NO2. The van der Waals surface area contributed by atoms with Gasteiger partial charge < -0.3 is 10.1 Å². The summed E-state index contributed by atoms with van der Waals surface area (Å²) >= 11 is 0. The van der Waals surface area contributed by atoms with E-state index in [1.165, 1.54) is 5.56 Å². The van der Waals surface area contributed by atoms with E-state index in [1.807, 2.05) is 18.2 Å². The van der Waals surface area contributed by atoms with E-state index in [4.69, 9.17) is 4.74 Å². The number of esters is 1. The Kier molecular flexibility index (Phi) is 4.15. The van der Waals surface area contributed by atoms with Crippen molar-refractivity contribution in [2.45, 2.75) is 25.8 Å². The minimum absolute atomic E-state index is 0.0331. The van der Waals surface area contributed by atoms with E-state index in [0.29, 0.717) is 6.61 Å². The summed E-state index contributed by atoms with van der Waals surface area (Å²) in [5, 5.41) is 3.40. The molecule has 0 radical (unpaired) electrons. The van der Waals surface area contributed by atoms with Crippen LogP contribution in [0.3, 0.4) is 0 Å². The lowest BCUT2D eigenvalue weighted by Crippen LogP contribution is -2.36. The van der Waals surface area contributed by atoms with Crippen molar-refractivity contribution in [2.24, 2.45) is 5.92 Å². The molecule has 1 heterocycles. The molecule has 0 bridgehead atoms. The molecule has 1 fully saturated rings. The summed E-state index contributed by atoms with van der Waals surface area (Å²) in [6, 6.07) is 10.6. The van der Waals surface area contributed by atoms with Crippen LogP contribution in [0.5, 0.6) is 0 Å². The van der Waals surface area contributed by atoms with Crippen molar-refractivity contribution in [3.05, 3.63) is 35.9 Å². The second kappa shape index (κ2) is 5.82. The predicted octanol–water partition coefficient (Wildman–Crippen LogP) is 1.77. The van der Waals surface area contributed by atoms with E-state index in [0.717, 1.165) is 19.4 Å². The van der Waals surface area contributed by atoms with Crippen LogP contribution in [-0.4, -0.2) is 25.2 Å². The van der Waals surface area contributed by atoms with Gasteiger partial charge in [0.25, 0.3) is 0 Å². The molecule has 0 aliphatic carbocycles. The minimum atomic E-state index is -0.0512. The van der Waals surface area contributed by atoms with Crippen molar-refractivity contribution >= 4 is 5.97 Å². The van der Waals surface area contributed by atoms with Gasteiger partial charge in [-0.3, -0.25) is 4.79 Å². The lowest BCUT2D eigenvalue weighted by Gasteiger charge is -2.17. The maximum Gasteiger partial charge on any atom is 0.310 e. The SMILES string of the molecule is C[C@H](NCCc1ccccc1)[C@@H]1CCOC1=O. The highest BCUT2D eigenvalue weighted by molar-refractivity contribution is 5.74. The van der Waals surface area contributed by atoms with E-state index >= 15 is 0 Å². The zero-order valence-electron chi connectivity index (χ0n) is 10.2. The van der Waals surface area contributed by atoms with Crippen LogP contribution in [0.4, 0.5) is 0 Å². The minimum Gasteiger partial charge on any atom is -0.465 e. The number of rotatable bonds is 5. The first kappa shape index (κ1) is 12.1. The van der Waals surface area contributed by atoms with E-state index in [2.05, 4.69) is 24.4 Å². The maximum absolute atomic E-state index is 11.4. The van der Waals surface area contributed by atoms with E-state index in [1.54, 1.807) is 0 Å². The van der Waals surface area contributed by atoms with Gasteiger partial charge in [-0.05, 0) is 31.9 Å². The molecule has 2 atom stereocenters. The van der Waals surface area contributed by atoms with Crippen LogP contribution < -0.4 is 5.32 Å². The first-order valence-corrected chi connectivity index (χ1v) is 6.21. The van der Waals surface area contributed by atoms with Gasteiger partial charge in [0, 0.05) is 6.04 Å². The van der Waals surface area contributed by atoms with Gasteiger partial charge in [-0.1, -0.05) is 30.3 Å². The number of cyclic esters (lactones) is 1. The fourth-order valence-corrected chi connectivity index (χ4v) is 2.20. The van der Waals surface area contributed by atoms with E-state index < -0.39 is 0 Å². The molecule has 0 unspecified atom stereocenters. The molecule has 0 amide bonds. The van der Waals surface area contributed by atoms with Crippen LogP contribution in [0.25, 0.3) is 0 Å². The Morgan fingerprint density at radius 1 is 1.41 bits per heavy atom. The van der Waals surface area contributed by atoms with E-state index in [-0.39, 0.29) is 17.9 Å². The van der Waals surface area contributed by atoms with Gasteiger partial charge in [0.15, 0.2) is 0 Å². The first-order valence-electron chi connectivity index (χ1n) is 6.21. The fourth-order valence-electron chi connectivity index (χ4n) is 2.20. The zero-order chi connectivity index (χ0) is 12.1. The van der Waals surface area contributed by atoms with Crippen molar-refractivity contribution in [1.82, 2.24) is 5.32 Å². The Labute approximate surface area is 102 Å². The third-order valence-electron chi connectivity index (χ3n) is 3.30. The summed E-state index contributed by atoms with van der Waals surface area (Å²) in [5.74, 6) is -0.0181. The normalized spacial score (nSPS) is 21.2. The van der Waals surface area contributed by atoms with Crippen LogP contribution in [0.2, 0.25) is 0 Å². The first-order chi connectivity index (χ1) is 8.27. The van der Waals surface area contributed by atoms with Crippen molar-refractivity contribution in [3.8, 4) is 0 Å².